The molecule has 1 heterocycles. The van der Waals surface area contributed by atoms with E-state index in [9.17, 15) is 0 Å². The highest BCUT2D eigenvalue weighted by molar-refractivity contribution is 5.87. The molecule has 0 fully saturated rings. The van der Waals surface area contributed by atoms with Crippen LogP contribution >= 0.6 is 0 Å². The zero-order chi connectivity index (χ0) is 10.8. The molecule has 78 valence electrons. The Labute approximate surface area is 90.1 Å². The van der Waals surface area contributed by atoms with E-state index in [0.29, 0.717) is 12.5 Å². The predicted molar refractivity (Wildman–Crippen MR) is 63.7 cm³/mol. The number of rotatable bonds is 2. The van der Waals surface area contributed by atoms with Gasteiger partial charge >= 0.3 is 0 Å². The van der Waals surface area contributed by atoms with Gasteiger partial charge in [0.25, 0.3) is 0 Å². The molecule has 0 radical (unpaired) electrons. The minimum absolute atomic E-state index is 0.495. The highest BCUT2D eigenvalue weighted by Crippen LogP contribution is 2.25. The van der Waals surface area contributed by atoms with E-state index in [1.54, 1.807) is 0 Å². The third kappa shape index (κ3) is 1.73. The molecular weight excluding hydrogens is 184 g/mol. The van der Waals surface area contributed by atoms with Gasteiger partial charge in [0, 0.05) is 18.1 Å². The molecule has 0 unspecified atom stereocenters. The van der Waals surface area contributed by atoms with Crippen LogP contribution in [0.25, 0.3) is 10.8 Å². The van der Waals surface area contributed by atoms with Gasteiger partial charge in [0.2, 0.25) is 0 Å². The first-order valence-corrected chi connectivity index (χ1v) is 5.30. The van der Waals surface area contributed by atoms with Crippen molar-refractivity contribution in [1.82, 2.24) is 4.98 Å². The third-order valence-electron chi connectivity index (χ3n) is 2.72. The fraction of sp³-hybridized carbons (Fsp3) is 0.308. The van der Waals surface area contributed by atoms with Gasteiger partial charge in [-0.05, 0) is 16.9 Å². The van der Waals surface area contributed by atoms with Crippen LogP contribution in [0.5, 0.6) is 0 Å². The average molecular weight is 200 g/mol. The summed E-state index contributed by atoms with van der Waals surface area (Å²) in [5.41, 5.74) is 7.96. The average Bonchev–Trinajstić information content (AvgIpc) is 2.27. The van der Waals surface area contributed by atoms with Gasteiger partial charge in [0.1, 0.15) is 0 Å². The van der Waals surface area contributed by atoms with Crippen LogP contribution < -0.4 is 5.73 Å². The van der Waals surface area contributed by atoms with Gasteiger partial charge < -0.3 is 5.73 Å². The van der Waals surface area contributed by atoms with Gasteiger partial charge in [-0.15, -0.1) is 0 Å². The van der Waals surface area contributed by atoms with Crippen molar-refractivity contribution < 1.29 is 0 Å². The van der Waals surface area contributed by atoms with Gasteiger partial charge in [0.05, 0.1) is 5.69 Å². The summed E-state index contributed by atoms with van der Waals surface area (Å²) in [6, 6.07) is 8.34. The highest BCUT2D eigenvalue weighted by atomic mass is 14.7. The number of nitrogens with zero attached hydrogens (tertiary/aromatic N) is 1. The molecule has 0 spiro atoms. The van der Waals surface area contributed by atoms with Crippen LogP contribution in [0.15, 0.2) is 30.5 Å². The van der Waals surface area contributed by atoms with Crippen molar-refractivity contribution in [1.29, 1.82) is 0 Å². The van der Waals surface area contributed by atoms with E-state index < -0.39 is 0 Å². The van der Waals surface area contributed by atoms with Gasteiger partial charge in [0.15, 0.2) is 0 Å². The van der Waals surface area contributed by atoms with E-state index in [1.807, 2.05) is 12.3 Å². The topological polar surface area (TPSA) is 38.9 Å². The zero-order valence-electron chi connectivity index (χ0n) is 9.20. The Morgan fingerprint density at radius 1 is 1.20 bits per heavy atom. The summed E-state index contributed by atoms with van der Waals surface area (Å²) in [5.74, 6) is 0.495. The fourth-order valence-electron chi connectivity index (χ4n) is 1.90. The van der Waals surface area contributed by atoms with E-state index in [1.165, 1.54) is 16.3 Å². The molecule has 0 aliphatic carbocycles. The second-order valence-electron chi connectivity index (χ2n) is 4.06. The van der Waals surface area contributed by atoms with E-state index in [4.69, 9.17) is 5.73 Å². The summed E-state index contributed by atoms with van der Waals surface area (Å²) in [6.45, 7) is 4.87. The molecule has 2 rings (SSSR count). The number of hydrogen-bond donors (Lipinski definition) is 1. The van der Waals surface area contributed by atoms with Crippen molar-refractivity contribution in [2.75, 3.05) is 0 Å². The maximum atomic E-state index is 5.68. The second-order valence-corrected chi connectivity index (χ2v) is 4.06. The lowest BCUT2D eigenvalue weighted by atomic mass is 9.97. The van der Waals surface area contributed by atoms with Crippen LogP contribution in [0.3, 0.4) is 0 Å². The van der Waals surface area contributed by atoms with Crippen LogP contribution in [0, 0.1) is 0 Å². The largest absolute Gasteiger partial charge is 0.325 e. The molecule has 0 aliphatic rings. The lowest BCUT2D eigenvalue weighted by Crippen LogP contribution is -2.02. The van der Waals surface area contributed by atoms with Crippen LogP contribution in [-0.4, -0.2) is 4.98 Å². The molecule has 0 amide bonds. The summed E-state index contributed by atoms with van der Waals surface area (Å²) >= 11 is 0. The lowest BCUT2D eigenvalue weighted by molar-refractivity contribution is 0.862. The summed E-state index contributed by atoms with van der Waals surface area (Å²) in [7, 11) is 0. The van der Waals surface area contributed by atoms with Crippen LogP contribution in [-0.2, 0) is 6.54 Å². The van der Waals surface area contributed by atoms with Crippen LogP contribution in [0.2, 0.25) is 0 Å². The first-order valence-electron chi connectivity index (χ1n) is 5.30. The van der Waals surface area contributed by atoms with Crippen molar-refractivity contribution in [3.05, 3.63) is 41.7 Å². The Hall–Kier alpha value is -1.41. The number of fused-ring (bicyclic) bond motifs is 1. The van der Waals surface area contributed by atoms with Gasteiger partial charge in [-0.3, -0.25) is 4.98 Å². The maximum Gasteiger partial charge on any atom is 0.0617 e. The Morgan fingerprint density at radius 3 is 2.47 bits per heavy atom. The standard InChI is InChI=1S/C13H16N2/c1-9(2)12-8-15-13(7-14)11-6-4-3-5-10(11)12/h3-6,8-9H,7,14H2,1-2H3. The Morgan fingerprint density at radius 2 is 1.87 bits per heavy atom. The molecule has 2 nitrogen and oxygen atoms in total. The summed E-state index contributed by atoms with van der Waals surface area (Å²) < 4.78 is 0. The molecular formula is C13H16N2. The van der Waals surface area contributed by atoms with Crippen molar-refractivity contribution >= 4 is 10.8 Å². The number of pyridine rings is 1. The summed E-state index contributed by atoms with van der Waals surface area (Å²) in [4.78, 5) is 4.42. The minimum Gasteiger partial charge on any atom is -0.325 e. The predicted octanol–water partition coefficient (Wildman–Crippen LogP) is 2.82. The van der Waals surface area contributed by atoms with Crippen LogP contribution in [0.4, 0.5) is 0 Å². The third-order valence-corrected chi connectivity index (χ3v) is 2.72. The number of hydrogen-bond acceptors (Lipinski definition) is 2. The molecule has 0 atom stereocenters. The molecule has 0 saturated heterocycles. The Balaban J connectivity index is 2.77. The highest BCUT2D eigenvalue weighted by Gasteiger charge is 2.08. The van der Waals surface area contributed by atoms with Crippen molar-refractivity contribution in [3.8, 4) is 0 Å². The van der Waals surface area contributed by atoms with Crippen LogP contribution in [0.1, 0.15) is 31.0 Å². The lowest BCUT2D eigenvalue weighted by Gasteiger charge is -2.11. The summed E-state index contributed by atoms with van der Waals surface area (Å²) in [5, 5.41) is 2.47. The van der Waals surface area contributed by atoms with E-state index in [0.717, 1.165) is 5.69 Å². The number of nitrogens with two attached hydrogens (primary N) is 1. The molecule has 0 aliphatic heterocycles. The minimum atomic E-state index is 0.495. The molecule has 1 aromatic carbocycles. The summed E-state index contributed by atoms with van der Waals surface area (Å²) in [6.07, 6.45) is 1.95. The van der Waals surface area contributed by atoms with Crippen molar-refractivity contribution in [2.45, 2.75) is 26.3 Å². The van der Waals surface area contributed by atoms with E-state index in [-0.39, 0.29) is 0 Å². The van der Waals surface area contributed by atoms with Gasteiger partial charge in [-0.1, -0.05) is 38.1 Å². The van der Waals surface area contributed by atoms with Crippen molar-refractivity contribution in [2.24, 2.45) is 5.73 Å². The maximum absolute atomic E-state index is 5.68. The molecule has 0 saturated carbocycles. The first-order chi connectivity index (χ1) is 7.24. The Kier molecular flexibility index (Phi) is 2.69. The quantitative estimate of drug-likeness (QED) is 0.809. The smallest absolute Gasteiger partial charge is 0.0617 e. The SMILES string of the molecule is CC(C)c1cnc(CN)c2ccccc12. The molecule has 2 heteroatoms. The van der Waals surface area contributed by atoms with Crippen molar-refractivity contribution in [3.63, 3.8) is 0 Å². The second kappa shape index (κ2) is 3.99. The monoisotopic (exact) mass is 200 g/mol. The van der Waals surface area contributed by atoms with Gasteiger partial charge in [-0.2, -0.15) is 0 Å². The number of benzene rings is 1. The normalized spacial score (nSPS) is 11.2. The molecule has 0 bridgehead atoms. The van der Waals surface area contributed by atoms with E-state index >= 15 is 0 Å². The first kappa shape index (κ1) is 10.1. The Bertz CT molecular complexity index is 475. The molecule has 15 heavy (non-hydrogen) atoms. The number of aromatic nitrogens is 1. The zero-order valence-corrected chi connectivity index (χ0v) is 9.20. The molecule has 2 N–H and O–H groups in total. The van der Waals surface area contributed by atoms with E-state index in [2.05, 4.69) is 37.0 Å². The fourth-order valence-corrected chi connectivity index (χ4v) is 1.90. The molecule has 1 aromatic heterocycles. The van der Waals surface area contributed by atoms with Gasteiger partial charge in [-0.25, -0.2) is 0 Å². The molecule has 2 aromatic rings.